The molecule has 0 amide bonds. The van der Waals surface area contributed by atoms with Gasteiger partial charge in [0.1, 0.15) is 12.4 Å². The average molecular weight is 407 g/mol. The van der Waals surface area contributed by atoms with Crippen LogP contribution in [-0.4, -0.2) is 23.0 Å². The summed E-state index contributed by atoms with van der Waals surface area (Å²) in [4.78, 5) is 8.12. The molecule has 0 atom stereocenters. The third kappa shape index (κ3) is 3.90. The van der Waals surface area contributed by atoms with E-state index in [0.29, 0.717) is 6.61 Å². The summed E-state index contributed by atoms with van der Waals surface area (Å²) in [6.07, 6.45) is 4.20. The third-order valence-corrected chi connectivity index (χ3v) is 6.00. The van der Waals surface area contributed by atoms with E-state index in [0.717, 1.165) is 42.2 Å². The van der Waals surface area contributed by atoms with Crippen LogP contribution in [0.5, 0.6) is 0 Å². The lowest BCUT2D eigenvalue weighted by atomic mass is 9.96. The van der Waals surface area contributed by atoms with Gasteiger partial charge in [-0.3, -0.25) is 4.90 Å². The van der Waals surface area contributed by atoms with Crippen LogP contribution in [0, 0.1) is 6.92 Å². The van der Waals surface area contributed by atoms with Crippen molar-refractivity contribution in [2.75, 3.05) is 13.1 Å². The maximum Gasteiger partial charge on any atom is 0.159 e. The number of ether oxygens (including phenoxy) is 1. The molecule has 128 valence electrons. The van der Waals surface area contributed by atoms with Gasteiger partial charge in [-0.15, -0.1) is 11.3 Å². The Morgan fingerprint density at radius 3 is 2.92 bits per heavy atom. The highest BCUT2D eigenvalue weighted by Gasteiger charge is 2.19. The maximum absolute atomic E-state index is 5.59. The van der Waals surface area contributed by atoms with Crippen molar-refractivity contribution in [2.24, 2.45) is 0 Å². The molecule has 0 N–H and O–H groups in total. The molecule has 0 bridgehead atoms. The number of halogens is 1. The fraction of sp³-hybridized carbons (Fsp3) is 0.421. The van der Waals surface area contributed by atoms with E-state index in [1.54, 1.807) is 11.3 Å². The van der Waals surface area contributed by atoms with Gasteiger partial charge in [-0.05, 0) is 53.4 Å². The highest BCUT2D eigenvalue weighted by molar-refractivity contribution is 9.11. The predicted octanol–water partition coefficient (Wildman–Crippen LogP) is 5.17. The summed E-state index contributed by atoms with van der Waals surface area (Å²) >= 11 is 5.17. The Labute approximate surface area is 156 Å². The van der Waals surface area contributed by atoms with E-state index >= 15 is 0 Å². The van der Waals surface area contributed by atoms with Crippen LogP contribution in [0.15, 0.2) is 28.8 Å². The topological polar surface area (TPSA) is 25.4 Å². The first-order valence-corrected chi connectivity index (χ1v) is 9.95. The molecule has 0 radical (unpaired) electrons. The zero-order valence-electron chi connectivity index (χ0n) is 14.3. The monoisotopic (exact) mass is 406 g/mol. The fourth-order valence-electron chi connectivity index (χ4n) is 3.20. The fourth-order valence-corrected chi connectivity index (χ4v) is 4.60. The van der Waals surface area contributed by atoms with Gasteiger partial charge in [0.2, 0.25) is 0 Å². The van der Waals surface area contributed by atoms with Crippen LogP contribution in [-0.2, 0) is 24.3 Å². The summed E-state index contributed by atoms with van der Waals surface area (Å²) in [6.45, 7) is 12.2. The van der Waals surface area contributed by atoms with E-state index < -0.39 is 0 Å². The molecule has 1 aromatic heterocycles. The van der Waals surface area contributed by atoms with Crippen LogP contribution in [0.2, 0.25) is 0 Å². The highest BCUT2D eigenvalue weighted by atomic mass is 79.9. The summed E-state index contributed by atoms with van der Waals surface area (Å²) in [5, 5.41) is 0. The molecule has 1 aliphatic heterocycles. The summed E-state index contributed by atoms with van der Waals surface area (Å²) in [6, 6.07) is 4.40. The van der Waals surface area contributed by atoms with E-state index in [4.69, 9.17) is 4.74 Å². The van der Waals surface area contributed by atoms with Crippen molar-refractivity contribution in [2.45, 2.75) is 39.8 Å². The summed E-state index contributed by atoms with van der Waals surface area (Å²) < 4.78 is 6.55. The van der Waals surface area contributed by atoms with Gasteiger partial charge in [0.25, 0.3) is 0 Å². The van der Waals surface area contributed by atoms with Gasteiger partial charge in [0, 0.05) is 35.3 Å². The lowest BCUT2D eigenvalue weighted by molar-refractivity contribution is 0.271. The Morgan fingerprint density at radius 1 is 1.38 bits per heavy atom. The van der Waals surface area contributed by atoms with Crippen LogP contribution in [0.1, 0.15) is 40.5 Å². The first-order chi connectivity index (χ1) is 11.6. The Hall–Kier alpha value is -1.17. The maximum atomic E-state index is 5.59. The molecule has 3 rings (SSSR count). The van der Waals surface area contributed by atoms with Crippen molar-refractivity contribution in [1.82, 2.24) is 9.88 Å². The molecule has 0 unspecified atom stereocenters. The molecule has 0 aliphatic carbocycles. The van der Waals surface area contributed by atoms with Gasteiger partial charge in [-0.25, -0.2) is 4.98 Å². The van der Waals surface area contributed by atoms with E-state index in [-0.39, 0.29) is 0 Å². The number of aromatic nitrogens is 1. The number of rotatable bonds is 7. The van der Waals surface area contributed by atoms with Gasteiger partial charge in [-0.2, -0.15) is 0 Å². The first kappa shape index (κ1) is 17.6. The van der Waals surface area contributed by atoms with E-state index in [1.807, 2.05) is 6.20 Å². The minimum absolute atomic E-state index is 0.668. The molecule has 2 heterocycles. The first-order valence-electron chi connectivity index (χ1n) is 8.34. The van der Waals surface area contributed by atoms with Crippen LogP contribution in [0.25, 0.3) is 5.76 Å². The zero-order chi connectivity index (χ0) is 17.1. The highest BCUT2D eigenvalue weighted by Crippen LogP contribution is 2.32. The van der Waals surface area contributed by atoms with Crippen LogP contribution < -0.4 is 0 Å². The SMILES string of the molecule is C=C1OCc2c1ccc(CCN(CCC)Cc1cnc(Br)s1)c2C. The molecule has 24 heavy (non-hydrogen) atoms. The predicted molar refractivity (Wildman–Crippen MR) is 104 cm³/mol. The second kappa shape index (κ2) is 7.81. The standard InChI is InChI=1S/C19H23BrN2OS/c1-4-8-22(11-16-10-21-19(20)24-16)9-7-15-5-6-17-14(3)23-12-18(17)13(15)2/h5-6,10H,3-4,7-9,11-12H2,1-2H3. The average Bonchev–Trinajstić information content (AvgIpc) is 3.13. The van der Waals surface area contributed by atoms with E-state index in [2.05, 4.69) is 58.4 Å². The zero-order valence-corrected chi connectivity index (χ0v) is 16.7. The van der Waals surface area contributed by atoms with Gasteiger partial charge < -0.3 is 4.74 Å². The largest absolute Gasteiger partial charge is 0.489 e. The third-order valence-electron chi connectivity index (χ3n) is 4.54. The molecular weight excluding hydrogens is 384 g/mol. The molecule has 1 aliphatic rings. The second-order valence-electron chi connectivity index (χ2n) is 6.19. The molecule has 0 spiro atoms. The Bertz CT molecular complexity index is 741. The summed E-state index contributed by atoms with van der Waals surface area (Å²) in [5.41, 5.74) is 5.27. The van der Waals surface area contributed by atoms with Gasteiger partial charge >= 0.3 is 0 Å². The number of fused-ring (bicyclic) bond motifs is 1. The molecule has 0 saturated carbocycles. The lowest BCUT2D eigenvalue weighted by Crippen LogP contribution is -2.26. The Balaban J connectivity index is 1.67. The number of thiazole rings is 1. The number of hydrogen-bond donors (Lipinski definition) is 0. The lowest BCUT2D eigenvalue weighted by Gasteiger charge is -2.21. The van der Waals surface area contributed by atoms with E-state index in [9.17, 15) is 0 Å². The van der Waals surface area contributed by atoms with Crippen LogP contribution in [0.3, 0.4) is 0 Å². The normalized spacial score (nSPS) is 13.4. The molecule has 0 fully saturated rings. The van der Waals surface area contributed by atoms with Crippen molar-refractivity contribution >= 4 is 33.0 Å². The number of nitrogens with zero attached hydrogens (tertiary/aromatic N) is 2. The summed E-state index contributed by atoms with van der Waals surface area (Å²) in [5.74, 6) is 0.808. The minimum Gasteiger partial charge on any atom is -0.489 e. The second-order valence-corrected chi connectivity index (χ2v) is 8.58. The molecule has 1 aromatic carbocycles. The van der Waals surface area contributed by atoms with Gasteiger partial charge in [-0.1, -0.05) is 25.6 Å². The molecular formula is C19H23BrN2OS. The van der Waals surface area contributed by atoms with Crippen LogP contribution >= 0.6 is 27.3 Å². The van der Waals surface area contributed by atoms with Crippen molar-refractivity contribution in [3.8, 4) is 0 Å². The minimum atomic E-state index is 0.668. The Morgan fingerprint density at radius 2 is 2.21 bits per heavy atom. The van der Waals surface area contributed by atoms with Crippen molar-refractivity contribution in [3.05, 3.63) is 56.0 Å². The molecule has 0 saturated heterocycles. The molecule has 5 heteroatoms. The van der Waals surface area contributed by atoms with Crippen molar-refractivity contribution < 1.29 is 4.74 Å². The molecule has 2 aromatic rings. The quantitative estimate of drug-likeness (QED) is 0.633. The summed E-state index contributed by atoms with van der Waals surface area (Å²) in [7, 11) is 0. The van der Waals surface area contributed by atoms with Crippen molar-refractivity contribution in [3.63, 3.8) is 0 Å². The van der Waals surface area contributed by atoms with Crippen molar-refractivity contribution in [1.29, 1.82) is 0 Å². The number of benzene rings is 1. The molecule has 3 nitrogen and oxygen atoms in total. The Kier molecular flexibility index (Phi) is 5.74. The van der Waals surface area contributed by atoms with Gasteiger partial charge in [0.05, 0.1) is 0 Å². The number of hydrogen-bond acceptors (Lipinski definition) is 4. The smallest absolute Gasteiger partial charge is 0.159 e. The van der Waals surface area contributed by atoms with Crippen LogP contribution in [0.4, 0.5) is 0 Å². The van der Waals surface area contributed by atoms with Gasteiger partial charge in [0.15, 0.2) is 3.92 Å². The van der Waals surface area contributed by atoms with E-state index in [1.165, 1.54) is 27.1 Å².